The maximum absolute atomic E-state index is 4.26. The van der Waals surface area contributed by atoms with Crippen LogP contribution in [-0.4, -0.2) is 12.0 Å². The van der Waals surface area contributed by atoms with Gasteiger partial charge in [-0.05, 0) is 23.6 Å². The first kappa shape index (κ1) is 8.78. The van der Waals surface area contributed by atoms with Crippen LogP contribution >= 0.6 is 0 Å². The van der Waals surface area contributed by atoms with Crippen LogP contribution in [0.1, 0.15) is 18.1 Å². The van der Waals surface area contributed by atoms with Crippen LogP contribution in [0.2, 0.25) is 0 Å². The number of hydrogen-bond donors (Lipinski definition) is 1. The summed E-state index contributed by atoms with van der Waals surface area (Å²) in [6, 6.07) is 2.10. The highest BCUT2D eigenvalue weighted by Gasteiger charge is 1.99. The third kappa shape index (κ3) is 1.64. The summed E-state index contributed by atoms with van der Waals surface area (Å²) < 4.78 is 0. The lowest BCUT2D eigenvalue weighted by atomic mass is 10.1. The van der Waals surface area contributed by atoms with Crippen LogP contribution in [0.4, 0.5) is 5.82 Å². The normalized spacial score (nSPS) is 9.50. The van der Waals surface area contributed by atoms with Crippen LogP contribution in [-0.2, 0) is 6.42 Å². The van der Waals surface area contributed by atoms with Crippen molar-refractivity contribution in [1.82, 2.24) is 4.98 Å². The van der Waals surface area contributed by atoms with E-state index in [4.69, 9.17) is 0 Å². The van der Waals surface area contributed by atoms with Crippen LogP contribution in [0, 0.1) is 0 Å². The Balaban J connectivity index is 3.10. The Kier molecular flexibility index (Phi) is 2.86. The predicted molar refractivity (Wildman–Crippen MR) is 53.3 cm³/mol. The van der Waals surface area contributed by atoms with E-state index in [1.165, 1.54) is 5.56 Å². The van der Waals surface area contributed by atoms with Gasteiger partial charge in [0.05, 0.1) is 0 Å². The van der Waals surface area contributed by atoms with Crippen molar-refractivity contribution in [1.29, 1.82) is 0 Å². The second kappa shape index (κ2) is 3.90. The Hall–Kier alpha value is -1.31. The summed E-state index contributed by atoms with van der Waals surface area (Å²) in [5, 5.41) is 3.05. The summed E-state index contributed by atoms with van der Waals surface area (Å²) in [6.07, 6.45) is 4.62. The van der Waals surface area contributed by atoms with E-state index in [9.17, 15) is 0 Å². The first-order valence-electron chi connectivity index (χ1n) is 4.11. The van der Waals surface area contributed by atoms with Gasteiger partial charge in [-0.3, -0.25) is 0 Å². The Morgan fingerprint density at radius 1 is 1.67 bits per heavy atom. The number of rotatable bonds is 3. The largest absolute Gasteiger partial charge is 0.373 e. The van der Waals surface area contributed by atoms with Gasteiger partial charge in [0.1, 0.15) is 5.82 Å². The monoisotopic (exact) mass is 162 g/mol. The molecule has 0 aromatic carbocycles. The number of aryl methyl sites for hydroxylation is 1. The molecule has 0 saturated carbocycles. The highest BCUT2D eigenvalue weighted by atomic mass is 15.0. The molecule has 1 heterocycles. The van der Waals surface area contributed by atoms with E-state index in [0.717, 1.165) is 17.8 Å². The molecule has 1 N–H and O–H groups in total. The number of pyridine rings is 1. The van der Waals surface area contributed by atoms with Crippen molar-refractivity contribution < 1.29 is 0 Å². The zero-order valence-electron chi connectivity index (χ0n) is 7.59. The lowest BCUT2D eigenvalue weighted by Crippen LogP contribution is -1.97. The first-order chi connectivity index (χ1) is 5.81. The Morgan fingerprint density at radius 3 is 2.92 bits per heavy atom. The molecule has 0 unspecified atom stereocenters. The molecule has 0 aliphatic heterocycles. The zero-order chi connectivity index (χ0) is 8.97. The maximum atomic E-state index is 4.26. The topological polar surface area (TPSA) is 24.9 Å². The van der Waals surface area contributed by atoms with Gasteiger partial charge in [-0.1, -0.05) is 19.6 Å². The zero-order valence-corrected chi connectivity index (χ0v) is 7.59. The van der Waals surface area contributed by atoms with Gasteiger partial charge < -0.3 is 5.32 Å². The standard InChI is InChI=1S/C10H14N2/c1-4-8-6-9(5-2)10(11-3)12-7-8/h4,6-7H,1,5H2,2-3H3,(H,11,12). The van der Waals surface area contributed by atoms with E-state index in [-0.39, 0.29) is 0 Å². The SMILES string of the molecule is C=Cc1cnc(NC)c(CC)c1. The molecule has 0 bridgehead atoms. The van der Waals surface area contributed by atoms with E-state index in [1.807, 2.05) is 19.3 Å². The second-order valence-electron chi connectivity index (χ2n) is 2.58. The lowest BCUT2D eigenvalue weighted by Gasteiger charge is -2.06. The first-order valence-corrected chi connectivity index (χ1v) is 4.11. The average Bonchev–Trinajstić information content (AvgIpc) is 2.16. The van der Waals surface area contributed by atoms with Gasteiger partial charge in [-0.15, -0.1) is 0 Å². The van der Waals surface area contributed by atoms with Crippen LogP contribution in [0.15, 0.2) is 18.8 Å². The second-order valence-corrected chi connectivity index (χ2v) is 2.58. The van der Waals surface area contributed by atoms with Crippen LogP contribution in [0.3, 0.4) is 0 Å². The fraction of sp³-hybridized carbons (Fsp3) is 0.300. The average molecular weight is 162 g/mol. The van der Waals surface area contributed by atoms with E-state index in [1.54, 1.807) is 0 Å². The molecule has 0 aliphatic carbocycles. The van der Waals surface area contributed by atoms with Gasteiger partial charge in [0, 0.05) is 13.2 Å². The van der Waals surface area contributed by atoms with Crippen molar-refractivity contribution >= 4 is 11.9 Å². The molecule has 12 heavy (non-hydrogen) atoms. The van der Waals surface area contributed by atoms with E-state index in [2.05, 4.69) is 29.9 Å². The minimum Gasteiger partial charge on any atom is -0.373 e. The molecule has 0 amide bonds. The smallest absolute Gasteiger partial charge is 0.128 e. The fourth-order valence-corrected chi connectivity index (χ4v) is 1.14. The molecule has 2 heteroatoms. The molecule has 1 rings (SSSR count). The number of nitrogens with zero attached hydrogens (tertiary/aromatic N) is 1. The molecule has 1 aromatic heterocycles. The molecule has 0 radical (unpaired) electrons. The highest BCUT2D eigenvalue weighted by molar-refractivity contribution is 5.53. The molecule has 0 saturated heterocycles. The molecule has 2 nitrogen and oxygen atoms in total. The summed E-state index contributed by atoms with van der Waals surface area (Å²) >= 11 is 0. The molecule has 1 aromatic rings. The van der Waals surface area contributed by atoms with Gasteiger partial charge in [-0.25, -0.2) is 4.98 Å². The lowest BCUT2D eigenvalue weighted by molar-refractivity contribution is 1.10. The van der Waals surface area contributed by atoms with Crippen molar-refractivity contribution in [2.24, 2.45) is 0 Å². The molecule has 64 valence electrons. The quantitative estimate of drug-likeness (QED) is 0.737. The highest BCUT2D eigenvalue weighted by Crippen LogP contribution is 2.14. The molecule has 0 spiro atoms. The van der Waals surface area contributed by atoms with Crippen LogP contribution < -0.4 is 5.32 Å². The van der Waals surface area contributed by atoms with E-state index < -0.39 is 0 Å². The minimum absolute atomic E-state index is 0.961. The van der Waals surface area contributed by atoms with Crippen molar-refractivity contribution in [3.8, 4) is 0 Å². The van der Waals surface area contributed by atoms with Crippen molar-refractivity contribution in [3.63, 3.8) is 0 Å². The third-order valence-electron chi connectivity index (χ3n) is 1.84. The summed E-state index contributed by atoms with van der Waals surface area (Å²) in [5.41, 5.74) is 2.31. The number of aromatic nitrogens is 1. The van der Waals surface area contributed by atoms with Gasteiger partial charge >= 0.3 is 0 Å². The van der Waals surface area contributed by atoms with E-state index in [0.29, 0.717) is 0 Å². The summed E-state index contributed by atoms with van der Waals surface area (Å²) in [7, 11) is 1.88. The Labute approximate surface area is 73.3 Å². The minimum atomic E-state index is 0.961. The van der Waals surface area contributed by atoms with Gasteiger partial charge in [0.15, 0.2) is 0 Å². The van der Waals surface area contributed by atoms with Gasteiger partial charge in [0.25, 0.3) is 0 Å². The van der Waals surface area contributed by atoms with Crippen molar-refractivity contribution in [2.45, 2.75) is 13.3 Å². The van der Waals surface area contributed by atoms with Crippen molar-refractivity contribution in [3.05, 3.63) is 30.0 Å². The summed E-state index contributed by atoms with van der Waals surface area (Å²) in [5.74, 6) is 0.961. The van der Waals surface area contributed by atoms with Crippen LogP contribution in [0.25, 0.3) is 6.08 Å². The van der Waals surface area contributed by atoms with Crippen molar-refractivity contribution in [2.75, 3.05) is 12.4 Å². The Bertz CT molecular complexity index is 279. The third-order valence-corrected chi connectivity index (χ3v) is 1.84. The number of nitrogens with one attached hydrogen (secondary N) is 1. The molecular weight excluding hydrogens is 148 g/mol. The number of hydrogen-bond acceptors (Lipinski definition) is 2. The number of anilines is 1. The molecular formula is C10H14N2. The van der Waals surface area contributed by atoms with Gasteiger partial charge in [0.2, 0.25) is 0 Å². The summed E-state index contributed by atoms with van der Waals surface area (Å²) in [6.45, 7) is 5.82. The van der Waals surface area contributed by atoms with Gasteiger partial charge in [-0.2, -0.15) is 0 Å². The predicted octanol–water partition coefficient (Wildman–Crippen LogP) is 2.33. The maximum Gasteiger partial charge on any atom is 0.128 e. The fourth-order valence-electron chi connectivity index (χ4n) is 1.14. The van der Waals surface area contributed by atoms with E-state index >= 15 is 0 Å². The molecule has 0 fully saturated rings. The Morgan fingerprint density at radius 2 is 2.42 bits per heavy atom. The molecule has 0 atom stereocenters. The summed E-state index contributed by atoms with van der Waals surface area (Å²) in [4.78, 5) is 4.26. The molecule has 0 aliphatic rings. The van der Waals surface area contributed by atoms with Crippen LogP contribution in [0.5, 0.6) is 0 Å².